The molecule has 2 aromatic rings. The third-order valence-electron chi connectivity index (χ3n) is 3.86. The Morgan fingerprint density at radius 3 is 2.73 bits per heavy atom. The van der Waals surface area contributed by atoms with E-state index in [1.165, 1.54) is 30.5 Å². The van der Waals surface area contributed by atoms with Crippen molar-refractivity contribution in [3.63, 3.8) is 0 Å². The lowest BCUT2D eigenvalue weighted by molar-refractivity contribution is -0.274. The maximum atomic E-state index is 12.5. The number of benzene rings is 1. The van der Waals surface area contributed by atoms with Crippen LogP contribution in [0.3, 0.4) is 0 Å². The third kappa shape index (κ3) is 4.32. The van der Waals surface area contributed by atoms with Crippen LogP contribution in [0.15, 0.2) is 36.5 Å². The summed E-state index contributed by atoms with van der Waals surface area (Å²) in [5, 5.41) is 15.1. The zero-order chi connectivity index (χ0) is 18.9. The number of carboxylic acids is 1. The van der Waals surface area contributed by atoms with Gasteiger partial charge in [-0.1, -0.05) is 18.2 Å². The lowest BCUT2D eigenvalue weighted by atomic mass is 10.1. The lowest BCUT2D eigenvalue weighted by Gasteiger charge is -2.13. The zero-order valence-corrected chi connectivity index (χ0v) is 13.2. The summed E-state index contributed by atoms with van der Waals surface area (Å²) in [4.78, 5) is 22.9. The summed E-state index contributed by atoms with van der Waals surface area (Å²) in [6.45, 7) is -0.343. The van der Waals surface area contributed by atoms with Crippen molar-refractivity contribution in [2.24, 2.45) is 5.92 Å². The number of halogens is 3. The average Bonchev–Trinajstić information content (AvgIpc) is 3.21. The van der Waals surface area contributed by atoms with Gasteiger partial charge in [0.25, 0.3) is 0 Å². The largest absolute Gasteiger partial charge is 0.573 e. The van der Waals surface area contributed by atoms with Gasteiger partial charge in [-0.25, -0.2) is 0 Å². The number of alkyl halides is 3. The van der Waals surface area contributed by atoms with Crippen molar-refractivity contribution in [3.05, 3.63) is 42.1 Å². The number of amides is 1. The molecule has 1 aromatic heterocycles. The van der Waals surface area contributed by atoms with Crippen molar-refractivity contribution in [2.75, 3.05) is 5.32 Å². The molecule has 1 fully saturated rings. The molecule has 0 bridgehead atoms. The summed E-state index contributed by atoms with van der Waals surface area (Å²) in [7, 11) is 0. The van der Waals surface area contributed by atoms with E-state index in [4.69, 9.17) is 5.11 Å². The number of aromatic nitrogens is 2. The highest BCUT2D eigenvalue weighted by Crippen LogP contribution is 2.51. The quantitative estimate of drug-likeness (QED) is 0.816. The Morgan fingerprint density at radius 1 is 1.31 bits per heavy atom. The summed E-state index contributed by atoms with van der Waals surface area (Å²) in [5.41, 5.74) is 0.321. The van der Waals surface area contributed by atoms with Crippen LogP contribution in [0.25, 0.3) is 0 Å². The number of carbonyl (C=O) groups is 2. The number of aliphatic carboxylic acids is 1. The van der Waals surface area contributed by atoms with Gasteiger partial charge in [0.1, 0.15) is 12.3 Å². The zero-order valence-electron chi connectivity index (χ0n) is 13.2. The van der Waals surface area contributed by atoms with Gasteiger partial charge in [-0.05, 0) is 24.0 Å². The van der Waals surface area contributed by atoms with Crippen LogP contribution < -0.4 is 10.1 Å². The van der Waals surface area contributed by atoms with Gasteiger partial charge in [0.05, 0.1) is 0 Å². The van der Waals surface area contributed by atoms with Gasteiger partial charge in [0, 0.05) is 18.2 Å². The van der Waals surface area contributed by atoms with E-state index in [-0.39, 0.29) is 24.0 Å². The first-order valence-corrected chi connectivity index (χ1v) is 7.64. The summed E-state index contributed by atoms with van der Waals surface area (Å²) < 4.78 is 42.6. The number of para-hydroxylation sites is 1. The fourth-order valence-corrected chi connectivity index (χ4v) is 2.71. The highest BCUT2D eigenvalue weighted by atomic mass is 19.4. The number of nitrogens with one attached hydrogen (secondary N) is 1. The maximum Gasteiger partial charge on any atom is 0.573 e. The molecule has 1 aliphatic rings. The number of carboxylic acid groups (broad SMARTS) is 1. The van der Waals surface area contributed by atoms with Gasteiger partial charge < -0.3 is 15.2 Å². The molecule has 3 rings (SSSR count). The second kappa shape index (κ2) is 6.70. The first-order valence-electron chi connectivity index (χ1n) is 7.64. The van der Waals surface area contributed by atoms with Crippen LogP contribution in [-0.2, 0) is 16.1 Å². The Bertz CT molecular complexity index is 834. The van der Waals surface area contributed by atoms with Gasteiger partial charge in [-0.15, -0.1) is 13.2 Å². The van der Waals surface area contributed by atoms with Crippen LogP contribution in [0.2, 0.25) is 0 Å². The normalized spacial score (nSPS) is 19.0. The standard InChI is InChI=1S/C16H14F3N3O4/c17-16(18,19)26-12-4-2-1-3-9(12)10-7-11(10)15(25)20-13-5-6-22(21-13)8-14(23)24/h1-6,10-11H,7-8H2,(H,23,24)(H,20,21,25)/t10-,11+/m1/s1. The van der Waals surface area contributed by atoms with Crippen LogP contribution in [0, 0.1) is 5.92 Å². The molecule has 1 amide bonds. The molecular formula is C16H14F3N3O4. The predicted octanol–water partition coefficient (Wildman–Crippen LogP) is 2.61. The lowest BCUT2D eigenvalue weighted by Crippen LogP contribution is -2.18. The second-order valence-corrected chi connectivity index (χ2v) is 5.82. The minimum atomic E-state index is -4.81. The Labute approximate surface area is 145 Å². The molecule has 0 saturated heterocycles. The molecule has 2 atom stereocenters. The molecule has 1 aromatic carbocycles. The van der Waals surface area contributed by atoms with Crippen molar-refractivity contribution in [1.82, 2.24) is 9.78 Å². The minimum absolute atomic E-state index is 0.182. The highest BCUT2D eigenvalue weighted by Gasteiger charge is 2.46. The highest BCUT2D eigenvalue weighted by molar-refractivity contribution is 5.94. The topological polar surface area (TPSA) is 93.5 Å². The second-order valence-electron chi connectivity index (χ2n) is 5.82. The summed E-state index contributed by atoms with van der Waals surface area (Å²) >= 11 is 0. The van der Waals surface area contributed by atoms with Crippen molar-refractivity contribution in [1.29, 1.82) is 0 Å². The molecule has 10 heteroatoms. The maximum absolute atomic E-state index is 12.5. The van der Waals surface area contributed by atoms with Crippen LogP contribution in [-0.4, -0.2) is 33.1 Å². The van der Waals surface area contributed by atoms with Crippen LogP contribution in [0.4, 0.5) is 19.0 Å². The Balaban J connectivity index is 1.64. The van der Waals surface area contributed by atoms with E-state index in [0.29, 0.717) is 12.0 Å². The van der Waals surface area contributed by atoms with E-state index < -0.39 is 24.2 Å². The number of hydrogen-bond acceptors (Lipinski definition) is 4. The third-order valence-corrected chi connectivity index (χ3v) is 3.86. The average molecular weight is 369 g/mol. The van der Waals surface area contributed by atoms with Crippen molar-refractivity contribution >= 4 is 17.7 Å². The molecular weight excluding hydrogens is 355 g/mol. The molecule has 1 saturated carbocycles. The molecule has 0 aliphatic heterocycles. The number of hydrogen-bond donors (Lipinski definition) is 2. The number of ether oxygens (including phenoxy) is 1. The van der Waals surface area contributed by atoms with Gasteiger partial charge in [0.2, 0.25) is 5.91 Å². The Morgan fingerprint density at radius 2 is 2.04 bits per heavy atom. The van der Waals surface area contributed by atoms with E-state index in [2.05, 4.69) is 15.2 Å². The SMILES string of the molecule is O=C(O)Cn1ccc(NC(=O)[C@H]2C[C@@H]2c2ccccc2OC(F)(F)F)n1. The van der Waals surface area contributed by atoms with Crippen molar-refractivity contribution in [3.8, 4) is 5.75 Å². The molecule has 1 aliphatic carbocycles. The van der Waals surface area contributed by atoms with Gasteiger partial charge in [0.15, 0.2) is 5.82 Å². The Hall–Kier alpha value is -3.04. The summed E-state index contributed by atoms with van der Waals surface area (Å²) in [6.07, 6.45) is -3.01. The number of carbonyl (C=O) groups excluding carboxylic acids is 1. The minimum Gasteiger partial charge on any atom is -0.480 e. The molecule has 2 N–H and O–H groups in total. The molecule has 0 radical (unpaired) electrons. The van der Waals surface area contributed by atoms with E-state index in [1.54, 1.807) is 6.07 Å². The van der Waals surface area contributed by atoms with E-state index in [0.717, 1.165) is 4.68 Å². The van der Waals surface area contributed by atoms with E-state index in [9.17, 15) is 22.8 Å². The van der Waals surface area contributed by atoms with Gasteiger partial charge >= 0.3 is 12.3 Å². The fourth-order valence-electron chi connectivity index (χ4n) is 2.71. The van der Waals surface area contributed by atoms with Crippen molar-refractivity contribution < 1.29 is 32.6 Å². The monoisotopic (exact) mass is 369 g/mol. The van der Waals surface area contributed by atoms with E-state index >= 15 is 0 Å². The van der Waals surface area contributed by atoms with Crippen LogP contribution in [0.1, 0.15) is 17.9 Å². The molecule has 26 heavy (non-hydrogen) atoms. The molecule has 138 valence electrons. The molecule has 1 heterocycles. The first kappa shape index (κ1) is 17.8. The number of rotatable bonds is 6. The summed E-state index contributed by atoms with van der Waals surface area (Å²) in [5.74, 6) is -2.48. The molecule has 0 spiro atoms. The van der Waals surface area contributed by atoms with Crippen molar-refractivity contribution in [2.45, 2.75) is 25.2 Å². The smallest absolute Gasteiger partial charge is 0.480 e. The van der Waals surface area contributed by atoms with Gasteiger partial charge in [-0.2, -0.15) is 5.10 Å². The summed E-state index contributed by atoms with van der Waals surface area (Å²) in [6, 6.07) is 7.17. The predicted molar refractivity (Wildman–Crippen MR) is 82.5 cm³/mol. The van der Waals surface area contributed by atoms with Crippen LogP contribution in [0.5, 0.6) is 5.75 Å². The molecule has 0 unspecified atom stereocenters. The number of anilines is 1. The molecule has 7 nitrogen and oxygen atoms in total. The van der Waals surface area contributed by atoms with Gasteiger partial charge in [-0.3, -0.25) is 14.3 Å². The number of nitrogens with zero attached hydrogens (tertiary/aromatic N) is 2. The Kier molecular flexibility index (Phi) is 4.58. The first-order chi connectivity index (χ1) is 12.2. The fraction of sp³-hybridized carbons (Fsp3) is 0.312. The van der Waals surface area contributed by atoms with Crippen LogP contribution >= 0.6 is 0 Å². The van der Waals surface area contributed by atoms with E-state index in [1.807, 2.05) is 0 Å².